The van der Waals surface area contributed by atoms with Gasteiger partial charge in [0.2, 0.25) is 11.9 Å². The van der Waals surface area contributed by atoms with E-state index in [1.54, 1.807) is 11.3 Å². The Morgan fingerprint density at radius 1 is 1.12 bits per heavy atom. The summed E-state index contributed by atoms with van der Waals surface area (Å²) in [5.74, 6) is 0.339. The fourth-order valence-corrected chi connectivity index (χ4v) is 5.08. The zero-order chi connectivity index (χ0) is 22.3. The molecule has 1 aromatic carbocycles. The van der Waals surface area contributed by atoms with E-state index in [2.05, 4.69) is 25.7 Å². The van der Waals surface area contributed by atoms with Gasteiger partial charge in [0.1, 0.15) is 0 Å². The number of thioether (sulfide) groups is 1. The number of halogens is 1. The molecule has 3 amide bonds. The van der Waals surface area contributed by atoms with Crippen LogP contribution in [0.15, 0.2) is 46.9 Å². The quantitative estimate of drug-likeness (QED) is 0.467. The number of nitrogens with zero attached hydrogens (tertiary/aromatic N) is 4. The van der Waals surface area contributed by atoms with Crippen molar-refractivity contribution in [1.82, 2.24) is 25.4 Å². The fourth-order valence-electron chi connectivity index (χ4n) is 3.41. The van der Waals surface area contributed by atoms with E-state index in [9.17, 15) is 9.59 Å². The normalized spacial score (nSPS) is 13.3. The molecule has 1 aliphatic rings. The highest BCUT2D eigenvalue weighted by Crippen LogP contribution is 2.31. The van der Waals surface area contributed by atoms with Gasteiger partial charge >= 0.3 is 6.03 Å². The van der Waals surface area contributed by atoms with Crippen LogP contribution in [-0.2, 0) is 11.2 Å². The molecular weight excluding hydrogens is 468 g/mol. The molecule has 0 saturated carbocycles. The molecular formula is C21H23ClN6O2S2. The van der Waals surface area contributed by atoms with Crippen molar-refractivity contribution < 1.29 is 9.59 Å². The number of urea groups is 1. The highest BCUT2D eigenvalue weighted by atomic mass is 35.5. The third-order valence-corrected chi connectivity index (χ3v) is 7.11. The van der Waals surface area contributed by atoms with Gasteiger partial charge in [-0.15, -0.1) is 21.5 Å². The number of anilines is 1. The number of thiophene rings is 1. The predicted octanol–water partition coefficient (Wildman–Crippen LogP) is 3.74. The Kier molecular flexibility index (Phi) is 7.67. The summed E-state index contributed by atoms with van der Waals surface area (Å²) in [5, 5.41) is 16.9. The molecule has 1 aliphatic heterocycles. The maximum absolute atomic E-state index is 12.3. The molecule has 2 N–H and O–H groups in total. The molecule has 32 heavy (non-hydrogen) atoms. The van der Waals surface area contributed by atoms with E-state index in [-0.39, 0.29) is 5.75 Å². The van der Waals surface area contributed by atoms with E-state index in [1.807, 2.05) is 46.3 Å². The van der Waals surface area contributed by atoms with Crippen molar-refractivity contribution in [2.24, 2.45) is 0 Å². The number of carbonyl (C=O) groups is 2. The summed E-state index contributed by atoms with van der Waals surface area (Å²) in [6.45, 7) is 2.27. The van der Waals surface area contributed by atoms with Crippen LogP contribution in [0.3, 0.4) is 0 Å². The van der Waals surface area contributed by atoms with Gasteiger partial charge < -0.3 is 10.2 Å². The van der Waals surface area contributed by atoms with E-state index >= 15 is 0 Å². The van der Waals surface area contributed by atoms with Crippen LogP contribution in [-0.4, -0.2) is 52.1 Å². The van der Waals surface area contributed by atoms with Crippen LogP contribution in [0.25, 0.3) is 5.69 Å². The zero-order valence-corrected chi connectivity index (χ0v) is 19.7. The average Bonchev–Trinajstić information content (AvgIpc) is 3.54. The lowest BCUT2D eigenvalue weighted by atomic mass is 10.3. The Bertz CT molecular complexity index is 1070. The Balaban J connectivity index is 1.37. The summed E-state index contributed by atoms with van der Waals surface area (Å²) in [7, 11) is 0. The first-order valence-electron chi connectivity index (χ1n) is 10.3. The second-order valence-electron chi connectivity index (χ2n) is 7.19. The minimum absolute atomic E-state index is 0.0287. The summed E-state index contributed by atoms with van der Waals surface area (Å²) in [4.78, 5) is 27.7. The number of nitrogens with one attached hydrogen (secondary N) is 2. The number of benzene rings is 1. The molecule has 0 aliphatic carbocycles. The van der Waals surface area contributed by atoms with Crippen LogP contribution < -0.4 is 15.5 Å². The molecule has 3 heterocycles. The van der Waals surface area contributed by atoms with Gasteiger partial charge in [-0.3, -0.25) is 14.7 Å². The summed E-state index contributed by atoms with van der Waals surface area (Å²) < 4.78 is 1.88. The molecule has 168 valence electrons. The van der Waals surface area contributed by atoms with Gasteiger partial charge in [-0.1, -0.05) is 41.6 Å². The topological polar surface area (TPSA) is 92.2 Å². The van der Waals surface area contributed by atoms with Crippen LogP contribution in [0.4, 0.5) is 10.7 Å². The highest BCUT2D eigenvalue weighted by molar-refractivity contribution is 7.99. The van der Waals surface area contributed by atoms with E-state index < -0.39 is 11.9 Å². The molecule has 0 atom stereocenters. The fraction of sp³-hybridized carbons (Fsp3) is 0.333. The van der Waals surface area contributed by atoms with Crippen molar-refractivity contribution in [2.75, 3.05) is 30.3 Å². The van der Waals surface area contributed by atoms with Crippen molar-refractivity contribution >= 4 is 52.6 Å². The molecule has 0 spiro atoms. The van der Waals surface area contributed by atoms with Crippen molar-refractivity contribution in [3.8, 4) is 5.69 Å². The summed E-state index contributed by atoms with van der Waals surface area (Å²) in [6, 6.07) is 11.0. The second-order valence-corrected chi connectivity index (χ2v) is 9.57. The number of imide groups is 1. The Morgan fingerprint density at radius 3 is 2.69 bits per heavy atom. The third-order valence-electron chi connectivity index (χ3n) is 4.92. The molecule has 0 bridgehead atoms. The summed E-state index contributed by atoms with van der Waals surface area (Å²) in [5.41, 5.74) is 0.760. The monoisotopic (exact) mass is 490 g/mol. The van der Waals surface area contributed by atoms with Crippen LogP contribution in [0, 0.1) is 0 Å². The molecule has 2 aromatic heterocycles. The molecule has 8 nitrogen and oxygen atoms in total. The minimum Gasteiger partial charge on any atom is -0.341 e. The zero-order valence-electron chi connectivity index (χ0n) is 17.3. The van der Waals surface area contributed by atoms with Gasteiger partial charge in [-0.05, 0) is 42.8 Å². The molecule has 1 fully saturated rings. The van der Waals surface area contributed by atoms with Crippen LogP contribution in [0.2, 0.25) is 5.02 Å². The third kappa shape index (κ3) is 5.62. The smallest absolute Gasteiger partial charge is 0.321 e. The summed E-state index contributed by atoms with van der Waals surface area (Å²) in [6.07, 6.45) is 2.93. The van der Waals surface area contributed by atoms with E-state index in [4.69, 9.17) is 11.6 Å². The SMILES string of the molecule is O=C(CSc1nnc(N2CCCC2)n1-c1ccccc1Cl)NC(=O)NCCc1cccs1. The van der Waals surface area contributed by atoms with Gasteiger partial charge in [0.05, 0.1) is 16.5 Å². The standard InChI is InChI=1S/C21H23ClN6O2S2/c22-16-7-1-2-8-17(16)28-20(27-11-3-4-12-27)25-26-21(28)32-14-18(29)24-19(30)23-10-9-15-6-5-13-31-15/h1-2,5-8,13H,3-4,9-12,14H2,(H2,23,24,29,30). The first-order valence-corrected chi connectivity index (χ1v) is 12.5. The lowest BCUT2D eigenvalue weighted by Gasteiger charge is -2.19. The van der Waals surface area contributed by atoms with Gasteiger partial charge in [0, 0.05) is 24.5 Å². The lowest BCUT2D eigenvalue weighted by molar-refractivity contribution is -0.117. The molecule has 0 radical (unpaired) electrons. The second kappa shape index (κ2) is 10.8. The van der Waals surface area contributed by atoms with Crippen LogP contribution in [0.5, 0.6) is 0 Å². The maximum Gasteiger partial charge on any atom is 0.321 e. The number of amides is 3. The Labute approximate surface area is 199 Å². The number of para-hydroxylation sites is 1. The van der Waals surface area contributed by atoms with Gasteiger partial charge in [0.15, 0.2) is 5.16 Å². The Morgan fingerprint density at radius 2 is 1.94 bits per heavy atom. The average molecular weight is 491 g/mol. The van der Waals surface area contributed by atoms with Crippen LogP contribution >= 0.6 is 34.7 Å². The largest absolute Gasteiger partial charge is 0.341 e. The summed E-state index contributed by atoms with van der Waals surface area (Å²) >= 11 is 9.30. The predicted molar refractivity (Wildman–Crippen MR) is 128 cm³/mol. The van der Waals surface area contributed by atoms with Crippen molar-refractivity contribution in [2.45, 2.75) is 24.4 Å². The number of aromatic nitrogens is 3. The van der Waals surface area contributed by atoms with E-state index in [0.29, 0.717) is 22.7 Å². The Hall–Kier alpha value is -2.56. The van der Waals surface area contributed by atoms with Crippen molar-refractivity contribution in [3.63, 3.8) is 0 Å². The van der Waals surface area contributed by atoms with E-state index in [1.165, 1.54) is 16.6 Å². The first-order chi connectivity index (χ1) is 15.6. The molecule has 4 rings (SSSR count). The van der Waals surface area contributed by atoms with Gasteiger partial charge in [0.25, 0.3) is 0 Å². The van der Waals surface area contributed by atoms with Crippen molar-refractivity contribution in [1.29, 1.82) is 0 Å². The maximum atomic E-state index is 12.3. The lowest BCUT2D eigenvalue weighted by Crippen LogP contribution is -2.41. The van der Waals surface area contributed by atoms with Gasteiger partial charge in [-0.2, -0.15) is 0 Å². The molecule has 0 unspecified atom stereocenters. The molecule has 1 saturated heterocycles. The number of carbonyl (C=O) groups excluding carboxylic acids is 2. The number of hydrogen-bond acceptors (Lipinski definition) is 7. The van der Waals surface area contributed by atoms with Crippen molar-refractivity contribution in [3.05, 3.63) is 51.7 Å². The first kappa shape index (κ1) is 22.6. The van der Waals surface area contributed by atoms with E-state index in [0.717, 1.165) is 38.0 Å². The highest BCUT2D eigenvalue weighted by Gasteiger charge is 2.24. The number of rotatable bonds is 8. The van der Waals surface area contributed by atoms with Gasteiger partial charge in [-0.25, -0.2) is 4.79 Å². The molecule has 11 heteroatoms. The minimum atomic E-state index is -0.502. The van der Waals surface area contributed by atoms with Crippen LogP contribution in [0.1, 0.15) is 17.7 Å². The number of hydrogen-bond donors (Lipinski definition) is 2. The molecule has 3 aromatic rings.